The molecular weight excluding hydrogens is 444 g/mol. The van der Waals surface area contributed by atoms with Crippen LogP contribution in [-0.2, 0) is 16.8 Å². The Hall–Kier alpha value is -3.53. The fraction of sp³-hybridized carbons (Fsp3) is 0.304. The zero-order valence-corrected chi connectivity index (χ0v) is 19.3. The summed E-state index contributed by atoms with van der Waals surface area (Å²) in [5.41, 5.74) is 2.33. The molecule has 1 aromatic heterocycles. The number of hydrogen-bond acceptors (Lipinski definition) is 8. The zero-order chi connectivity index (χ0) is 23.4. The molecule has 0 radical (unpaired) electrons. The van der Waals surface area contributed by atoms with Crippen molar-refractivity contribution in [2.75, 3.05) is 17.9 Å². The monoisotopic (exact) mass is 468 g/mol. The van der Waals surface area contributed by atoms with Crippen molar-refractivity contribution in [3.8, 4) is 11.5 Å². The van der Waals surface area contributed by atoms with E-state index in [-0.39, 0.29) is 47.4 Å². The van der Waals surface area contributed by atoms with Gasteiger partial charge < -0.3 is 24.5 Å². The first kappa shape index (κ1) is 22.7. The van der Waals surface area contributed by atoms with Crippen molar-refractivity contribution < 1.29 is 23.5 Å². The van der Waals surface area contributed by atoms with Crippen LogP contribution in [0.4, 0.5) is 5.69 Å². The summed E-state index contributed by atoms with van der Waals surface area (Å²) in [5, 5.41) is 13.6. The van der Waals surface area contributed by atoms with Gasteiger partial charge in [-0.1, -0.05) is 44.7 Å². The molecule has 0 atom stereocenters. The van der Waals surface area contributed by atoms with Gasteiger partial charge in [0.25, 0.3) is 11.1 Å². The standard InChI is InChI=1S/C23H24N4O5S/c1-23(2,3)15-6-4-14(5-7-15)21(29)24-11-20-26-27-22(32-20)33-12-19(28)25-16-8-9-17-18(10-16)31-13-30-17/h4-10H,11-13H2,1-3H3,(H,24,29)(H,25,28). The van der Waals surface area contributed by atoms with Crippen LogP contribution in [0.2, 0.25) is 0 Å². The number of fused-ring (bicyclic) bond motifs is 1. The maximum absolute atomic E-state index is 12.4. The first-order valence-corrected chi connectivity index (χ1v) is 11.3. The lowest BCUT2D eigenvalue weighted by molar-refractivity contribution is -0.113. The van der Waals surface area contributed by atoms with E-state index in [9.17, 15) is 9.59 Å². The molecule has 0 bridgehead atoms. The summed E-state index contributed by atoms with van der Waals surface area (Å²) in [4.78, 5) is 24.6. The van der Waals surface area contributed by atoms with Gasteiger partial charge in [0.15, 0.2) is 11.5 Å². The van der Waals surface area contributed by atoms with Crippen LogP contribution in [0.15, 0.2) is 52.1 Å². The summed E-state index contributed by atoms with van der Waals surface area (Å²) in [7, 11) is 0. The number of rotatable bonds is 7. The molecule has 4 rings (SSSR count). The molecule has 0 spiro atoms. The molecule has 2 aromatic carbocycles. The fourth-order valence-electron chi connectivity index (χ4n) is 3.05. The Bertz CT molecular complexity index is 1150. The highest BCUT2D eigenvalue weighted by Crippen LogP contribution is 2.34. The highest BCUT2D eigenvalue weighted by molar-refractivity contribution is 7.99. The Morgan fingerprint density at radius 1 is 1.03 bits per heavy atom. The van der Waals surface area contributed by atoms with Gasteiger partial charge >= 0.3 is 0 Å². The van der Waals surface area contributed by atoms with Crippen LogP contribution in [-0.4, -0.2) is 34.6 Å². The van der Waals surface area contributed by atoms with Crippen molar-refractivity contribution >= 4 is 29.3 Å². The predicted octanol–water partition coefficient (Wildman–Crippen LogP) is 3.76. The van der Waals surface area contributed by atoms with Crippen molar-refractivity contribution in [3.05, 3.63) is 59.5 Å². The van der Waals surface area contributed by atoms with Crippen molar-refractivity contribution in [1.29, 1.82) is 0 Å². The lowest BCUT2D eigenvalue weighted by Gasteiger charge is -2.18. The average molecular weight is 469 g/mol. The van der Waals surface area contributed by atoms with Crippen molar-refractivity contribution in [2.45, 2.75) is 38.0 Å². The molecule has 2 heterocycles. The second-order valence-corrected chi connectivity index (χ2v) is 9.30. The molecule has 10 heteroatoms. The normalized spacial score (nSPS) is 12.5. The number of carbonyl (C=O) groups excluding carboxylic acids is 2. The molecule has 0 aliphatic carbocycles. The van der Waals surface area contributed by atoms with Gasteiger partial charge in [0.1, 0.15) is 0 Å². The van der Waals surface area contributed by atoms with E-state index in [4.69, 9.17) is 13.9 Å². The van der Waals surface area contributed by atoms with E-state index in [1.165, 1.54) is 0 Å². The largest absolute Gasteiger partial charge is 0.454 e. The molecule has 2 amide bonds. The van der Waals surface area contributed by atoms with Gasteiger partial charge in [-0.05, 0) is 35.2 Å². The topological polar surface area (TPSA) is 116 Å². The van der Waals surface area contributed by atoms with Crippen LogP contribution in [0.1, 0.15) is 42.6 Å². The Kier molecular flexibility index (Phi) is 6.55. The molecule has 0 saturated carbocycles. The van der Waals surface area contributed by atoms with Crippen LogP contribution in [0, 0.1) is 0 Å². The van der Waals surface area contributed by atoms with E-state index in [1.54, 1.807) is 30.3 Å². The van der Waals surface area contributed by atoms with Crippen LogP contribution in [0.5, 0.6) is 11.5 Å². The summed E-state index contributed by atoms with van der Waals surface area (Å²) < 4.78 is 16.1. The van der Waals surface area contributed by atoms with E-state index in [0.29, 0.717) is 22.7 Å². The molecule has 0 unspecified atom stereocenters. The van der Waals surface area contributed by atoms with Crippen LogP contribution >= 0.6 is 11.8 Å². The minimum absolute atomic E-state index is 0.0220. The minimum atomic E-state index is -0.231. The number of anilines is 1. The number of carbonyl (C=O) groups is 2. The average Bonchev–Trinajstić information content (AvgIpc) is 3.44. The third-order valence-corrected chi connectivity index (χ3v) is 5.66. The predicted molar refractivity (Wildman–Crippen MR) is 123 cm³/mol. The Morgan fingerprint density at radius 3 is 2.55 bits per heavy atom. The molecule has 172 valence electrons. The summed E-state index contributed by atoms with van der Waals surface area (Å²) in [6, 6.07) is 12.7. The summed E-state index contributed by atoms with van der Waals surface area (Å²) in [5.74, 6) is 1.12. The van der Waals surface area contributed by atoms with Crippen LogP contribution in [0.25, 0.3) is 0 Å². The Labute approximate surface area is 195 Å². The minimum Gasteiger partial charge on any atom is -0.454 e. The first-order chi connectivity index (χ1) is 15.8. The number of nitrogens with one attached hydrogen (secondary N) is 2. The third kappa shape index (κ3) is 5.83. The molecule has 2 N–H and O–H groups in total. The van der Waals surface area contributed by atoms with Gasteiger partial charge in [-0.25, -0.2) is 0 Å². The van der Waals surface area contributed by atoms with E-state index in [1.807, 2.05) is 12.1 Å². The number of amides is 2. The van der Waals surface area contributed by atoms with Crippen molar-refractivity contribution in [3.63, 3.8) is 0 Å². The van der Waals surface area contributed by atoms with Gasteiger partial charge in [-0.2, -0.15) is 0 Å². The lowest BCUT2D eigenvalue weighted by atomic mass is 9.87. The summed E-state index contributed by atoms with van der Waals surface area (Å²) in [6.07, 6.45) is 0. The molecule has 3 aromatic rings. The van der Waals surface area contributed by atoms with Gasteiger partial charge in [-0.3, -0.25) is 9.59 Å². The Balaban J connectivity index is 1.23. The molecular formula is C23H24N4O5S. The van der Waals surface area contributed by atoms with Gasteiger partial charge in [0.05, 0.1) is 12.3 Å². The quantitative estimate of drug-likeness (QED) is 0.504. The van der Waals surface area contributed by atoms with Crippen LogP contribution in [0.3, 0.4) is 0 Å². The van der Waals surface area contributed by atoms with E-state index >= 15 is 0 Å². The lowest BCUT2D eigenvalue weighted by Crippen LogP contribution is -2.23. The maximum atomic E-state index is 12.4. The molecule has 33 heavy (non-hydrogen) atoms. The second-order valence-electron chi connectivity index (χ2n) is 8.38. The highest BCUT2D eigenvalue weighted by atomic mass is 32.2. The van der Waals surface area contributed by atoms with Crippen LogP contribution < -0.4 is 20.1 Å². The number of thioether (sulfide) groups is 1. The summed E-state index contributed by atoms with van der Waals surface area (Å²) >= 11 is 1.11. The summed E-state index contributed by atoms with van der Waals surface area (Å²) in [6.45, 7) is 6.62. The van der Waals surface area contributed by atoms with E-state index < -0.39 is 0 Å². The number of aromatic nitrogens is 2. The molecule has 1 aliphatic heterocycles. The number of ether oxygens (including phenoxy) is 2. The van der Waals surface area contributed by atoms with Gasteiger partial charge in [0.2, 0.25) is 18.6 Å². The number of hydrogen-bond donors (Lipinski definition) is 2. The first-order valence-electron chi connectivity index (χ1n) is 10.3. The van der Waals surface area contributed by atoms with Gasteiger partial charge in [-0.15, -0.1) is 10.2 Å². The molecule has 1 aliphatic rings. The van der Waals surface area contributed by atoms with E-state index in [0.717, 1.165) is 17.3 Å². The van der Waals surface area contributed by atoms with Crippen molar-refractivity contribution in [2.24, 2.45) is 0 Å². The molecule has 0 saturated heterocycles. The zero-order valence-electron chi connectivity index (χ0n) is 18.5. The molecule has 9 nitrogen and oxygen atoms in total. The number of benzene rings is 2. The van der Waals surface area contributed by atoms with Crippen molar-refractivity contribution in [1.82, 2.24) is 15.5 Å². The molecule has 0 fully saturated rings. The fourth-order valence-corrected chi connectivity index (χ4v) is 3.63. The van der Waals surface area contributed by atoms with E-state index in [2.05, 4.69) is 41.6 Å². The second kappa shape index (κ2) is 9.53. The number of nitrogens with zero attached hydrogens (tertiary/aromatic N) is 2. The Morgan fingerprint density at radius 2 is 1.79 bits per heavy atom. The smallest absolute Gasteiger partial charge is 0.277 e. The maximum Gasteiger partial charge on any atom is 0.277 e. The third-order valence-electron chi connectivity index (χ3n) is 4.84. The highest BCUT2D eigenvalue weighted by Gasteiger charge is 2.16. The SMILES string of the molecule is CC(C)(C)c1ccc(C(=O)NCc2nnc(SCC(=O)Nc3ccc4c(c3)OCO4)o2)cc1. The van der Waals surface area contributed by atoms with Gasteiger partial charge in [0, 0.05) is 17.3 Å².